The number of nitrogens with zero attached hydrogens (tertiary/aromatic N) is 3. The summed E-state index contributed by atoms with van der Waals surface area (Å²) in [5.74, 6) is 0.229. The van der Waals surface area contributed by atoms with E-state index in [4.69, 9.17) is 11.6 Å². The maximum absolute atomic E-state index is 13.9. The Kier molecular flexibility index (Phi) is 5.68. The molecule has 1 amide bonds. The van der Waals surface area contributed by atoms with Gasteiger partial charge >= 0.3 is 0 Å². The molecule has 1 fully saturated rings. The third kappa shape index (κ3) is 3.94. The summed E-state index contributed by atoms with van der Waals surface area (Å²) in [6.07, 6.45) is 0.988. The minimum atomic E-state index is -0.396. The van der Waals surface area contributed by atoms with Gasteiger partial charge in [-0.15, -0.1) is 10.2 Å². The van der Waals surface area contributed by atoms with Crippen LogP contribution in [-0.4, -0.2) is 48.2 Å². The predicted molar refractivity (Wildman–Crippen MR) is 98.8 cm³/mol. The van der Waals surface area contributed by atoms with E-state index in [0.717, 1.165) is 18.5 Å². The van der Waals surface area contributed by atoms with Crippen molar-refractivity contribution >= 4 is 23.3 Å². The van der Waals surface area contributed by atoms with Crippen molar-refractivity contribution in [2.45, 2.75) is 12.5 Å². The van der Waals surface area contributed by atoms with Crippen molar-refractivity contribution in [3.8, 4) is 0 Å². The van der Waals surface area contributed by atoms with Crippen LogP contribution in [0.15, 0.2) is 30.3 Å². The van der Waals surface area contributed by atoms with E-state index in [-0.39, 0.29) is 22.7 Å². The molecule has 2 atom stereocenters. The lowest BCUT2D eigenvalue weighted by Crippen LogP contribution is -2.25. The van der Waals surface area contributed by atoms with E-state index in [2.05, 4.69) is 25.7 Å². The third-order valence-corrected chi connectivity index (χ3v) is 5.04. The van der Waals surface area contributed by atoms with Crippen molar-refractivity contribution in [3.05, 3.63) is 52.4 Å². The van der Waals surface area contributed by atoms with Crippen molar-refractivity contribution < 1.29 is 9.18 Å². The first-order valence-corrected chi connectivity index (χ1v) is 8.82. The Labute approximate surface area is 156 Å². The fraction of sp³-hybridized carbons (Fsp3) is 0.389. The predicted octanol–water partition coefficient (Wildman–Crippen LogP) is 2.73. The maximum atomic E-state index is 13.9. The van der Waals surface area contributed by atoms with Gasteiger partial charge in [0, 0.05) is 19.6 Å². The van der Waals surface area contributed by atoms with Gasteiger partial charge in [-0.25, -0.2) is 4.39 Å². The molecule has 0 radical (unpaired) electrons. The van der Waals surface area contributed by atoms with Crippen molar-refractivity contribution in [2.75, 3.05) is 32.5 Å². The van der Waals surface area contributed by atoms with Gasteiger partial charge in [-0.1, -0.05) is 17.7 Å². The molecule has 2 aromatic rings. The number of rotatable bonds is 5. The van der Waals surface area contributed by atoms with Gasteiger partial charge in [0.2, 0.25) is 0 Å². The quantitative estimate of drug-likeness (QED) is 0.838. The lowest BCUT2D eigenvalue weighted by atomic mass is 9.93. The van der Waals surface area contributed by atoms with E-state index in [9.17, 15) is 9.18 Å². The average Bonchev–Trinajstić information content (AvgIpc) is 3.02. The Morgan fingerprint density at radius 1 is 1.35 bits per heavy atom. The van der Waals surface area contributed by atoms with Gasteiger partial charge in [0.05, 0.1) is 5.02 Å². The highest BCUT2D eigenvalue weighted by atomic mass is 35.5. The van der Waals surface area contributed by atoms with Crippen LogP contribution in [0, 0.1) is 11.7 Å². The number of aromatic nitrogens is 2. The number of halogens is 2. The van der Waals surface area contributed by atoms with Crippen molar-refractivity contribution in [2.24, 2.45) is 5.92 Å². The minimum Gasteiger partial charge on any atom is -0.368 e. The summed E-state index contributed by atoms with van der Waals surface area (Å²) in [6, 6.07) is 8.45. The largest absolute Gasteiger partial charge is 0.368 e. The molecule has 1 saturated heterocycles. The van der Waals surface area contributed by atoms with Crippen LogP contribution in [0.2, 0.25) is 5.02 Å². The van der Waals surface area contributed by atoms with Crippen molar-refractivity contribution in [1.82, 2.24) is 20.4 Å². The molecule has 2 unspecified atom stereocenters. The number of carbonyl (C=O) groups is 1. The minimum absolute atomic E-state index is 0.104. The molecule has 2 N–H and O–H groups in total. The summed E-state index contributed by atoms with van der Waals surface area (Å²) >= 11 is 5.80. The Bertz CT molecular complexity index is 786. The SMILES string of the molecule is CNC(=O)c1ccc(NCC2CCN(C)C2c2ccc(Cl)c(F)c2)nn1. The van der Waals surface area contributed by atoms with Crippen LogP contribution in [0.1, 0.15) is 28.5 Å². The number of nitrogens with one attached hydrogen (secondary N) is 2. The van der Waals surface area contributed by atoms with Crippen LogP contribution in [-0.2, 0) is 0 Å². The number of amides is 1. The monoisotopic (exact) mass is 377 g/mol. The molecule has 1 aliphatic heterocycles. The standard InChI is InChI=1S/C18H21ClFN5O/c1-21-18(26)15-5-6-16(24-23-15)22-10-12-7-8-25(2)17(12)11-3-4-13(19)14(20)9-11/h3-6,9,12,17H,7-8,10H2,1-2H3,(H,21,26)(H,22,24). The lowest BCUT2D eigenvalue weighted by molar-refractivity contribution is 0.0957. The van der Waals surface area contributed by atoms with Crippen molar-refractivity contribution in [1.29, 1.82) is 0 Å². The first-order chi connectivity index (χ1) is 12.5. The molecule has 0 spiro atoms. The summed E-state index contributed by atoms with van der Waals surface area (Å²) in [6.45, 7) is 1.61. The summed E-state index contributed by atoms with van der Waals surface area (Å²) < 4.78 is 13.9. The highest BCUT2D eigenvalue weighted by Gasteiger charge is 2.33. The van der Waals surface area contributed by atoms with Crippen molar-refractivity contribution in [3.63, 3.8) is 0 Å². The molecule has 1 aliphatic rings. The van der Waals surface area contributed by atoms with Gasteiger partial charge in [-0.2, -0.15) is 0 Å². The molecule has 0 saturated carbocycles. The fourth-order valence-electron chi connectivity index (χ4n) is 3.37. The molecule has 1 aromatic heterocycles. The Balaban J connectivity index is 1.68. The second-order valence-corrected chi connectivity index (χ2v) is 6.82. The van der Waals surface area contributed by atoms with Gasteiger partial charge in [0.15, 0.2) is 5.69 Å². The van der Waals surface area contributed by atoms with E-state index < -0.39 is 5.82 Å². The topological polar surface area (TPSA) is 70.2 Å². The van der Waals surface area contributed by atoms with Crippen LogP contribution in [0.25, 0.3) is 0 Å². The van der Waals surface area contributed by atoms with Gasteiger partial charge in [-0.05, 0) is 55.8 Å². The third-order valence-electron chi connectivity index (χ3n) is 4.73. The normalized spacial score (nSPS) is 20.2. The molecule has 8 heteroatoms. The first kappa shape index (κ1) is 18.5. The zero-order valence-corrected chi connectivity index (χ0v) is 15.4. The molecule has 2 heterocycles. The average molecular weight is 378 g/mol. The molecule has 1 aromatic carbocycles. The van der Waals surface area contributed by atoms with Gasteiger partial charge in [0.1, 0.15) is 11.6 Å². The fourth-order valence-corrected chi connectivity index (χ4v) is 3.49. The zero-order valence-electron chi connectivity index (χ0n) is 14.7. The van der Waals surface area contributed by atoms with E-state index >= 15 is 0 Å². The molecular formula is C18H21ClFN5O. The van der Waals surface area contributed by atoms with Crippen LogP contribution in [0.5, 0.6) is 0 Å². The summed E-state index contributed by atoms with van der Waals surface area (Å²) in [7, 11) is 3.58. The first-order valence-electron chi connectivity index (χ1n) is 8.44. The molecule has 26 heavy (non-hydrogen) atoms. The number of benzene rings is 1. The molecule has 138 valence electrons. The van der Waals surface area contributed by atoms with Gasteiger partial charge < -0.3 is 10.6 Å². The molecule has 0 aliphatic carbocycles. The van der Waals surface area contributed by atoms with E-state index in [1.807, 2.05) is 13.1 Å². The number of hydrogen-bond donors (Lipinski definition) is 2. The van der Waals surface area contributed by atoms with Gasteiger partial charge in [0.25, 0.3) is 5.91 Å². The van der Waals surface area contributed by atoms with Crippen LogP contribution in [0.3, 0.4) is 0 Å². The number of likely N-dealkylation sites (tertiary alicyclic amines) is 1. The second kappa shape index (κ2) is 7.97. The summed E-state index contributed by atoms with van der Waals surface area (Å²) in [5, 5.41) is 13.9. The van der Waals surface area contributed by atoms with E-state index in [1.165, 1.54) is 6.07 Å². The maximum Gasteiger partial charge on any atom is 0.271 e. The van der Waals surface area contributed by atoms with Crippen LogP contribution in [0.4, 0.5) is 10.2 Å². The number of hydrogen-bond acceptors (Lipinski definition) is 5. The lowest BCUT2D eigenvalue weighted by Gasteiger charge is -2.26. The Hall–Kier alpha value is -2.25. The molecular weight excluding hydrogens is 357 g/mol. The summed E-state index contributed by atoms with van der Waals surface area (Å²) in [5.41, 5.74) is 1.19. The molecule has 3 rings (SSSR count). The van der Waals surface area contributed by atoms with Crippen LogP contribution < -0.4 is 10.6 Å². The smallest absolute Gasteiger partial charge is 0.271 e. The summed E-state index contributed by atoms with van der Waals surface area (Å²) in [4.78, 5) is 13.7. The Morgan fingerprint density at radius 3 is 2.81 bits per heavy atom. The van der Waals surface area contributed by atoms with Gasteiger partial charge in [-0.3, -0.25) is 9.69 Å². The number of anilines is 1. The van der Waals surface area contributed by atoms with Crippen LogP contribution >= 0.6 is 11.6 Å². The zero-order chi connectivity index (χ0) is 18.7. The highest BCUT2D eigenvalue weighted by molar-refractivity contribution is 6.30. The number of carbonyl (C=O) groups excluding carboxylic acids is 1. The second-order valence-electron chi connectivity index (χ2n) is 6.41. The highest BCUT2D eigenvalue weighted by Crippen LogP contribution is 2.37. The van der Waals surface area contributed by atoms with E-state index in [1.54, 1.807) is 25.2 Å². The molecule has 6 nitrogen and oxygen atoms in total. The Morgan fingerprint density at radius 2 is 2.15 bits per heavy atom. The molecule has 0 bridgehead atoms. The van der Waals surface area contributed by atoms with E-state index in [0.29, 0.717) is 18.3 Å².